The molecule has 1 aromatic carbocycles. The molecular weight excluding hydrogens is 250 g/mol. The third-order valence-corrected chi connectivity index (χ3v) is 3.89. The van der Waals surface area contributed by atoms with Crippen molar-refractivity contribution >= 4 is 16.9 Å². The maximum Gasteiger partial charge on any atom is 0.191 e. The standard InChI is InChI=1S/C16H21N3O/c1-11(18-16(17-2)19-13-7-5-8-13)15-10-12-6-3-4-9-14(12)20-15/h3-4,6,9-11,13H,5,7-8H2,1-2H3,(H2,17,18,19). The van der Waals surface area contributed by atoms with Crippen molar-refractivity contribution in [1.82, 2.24) is 10.6 Å². The Hall–Kier alpha value is -1.97. The van der Waals surface area contributed by atoms with Crippen molar-refractivity contribution in [3.63, 3.8) is 0 Å². The van der Waals surface area contributed by atoms with E-state index in [-0.39, 0.29) is 6.04 Å². The van der Waals surface area contributed by atoms with Crippen molar-refractivity contribution in [3.8, 4) is 0 Å². The molecule has 1 saturated carbocycles. The molecule has 4 nitrogen and oxygen atoms in total. The van der Waals surface area contributed by atoms with Gasteiger partial charge in [0.15, 0.2) is 5.96 Å². The summed E-state index contributed by atoms with van der Waals surface area (Å²) in [6.07, 6.45) is 3.78. The van der Waals surface area contributed by atoms with E-state index in [0.29, 0.717) is 6.04 Å². The first-order valence-electron chi connectivity index (χ1n) is 7.24. The van der Waals surface area contributed by atoms with Gasteiger partial charge in [0, 0.05) is 18.5 Å². The van der Waals surface area contributed by atoms with Gasteiger partial charge in [-0.2, -0.15) is 0 Å². The van der Waals surface area contributed by atoms with Gasteiger partial charge in [-0.15, -0.1) is 0 Å². The van der Waals surface area contributed by atoms with E-state index in [1.165, 1.54) is 19.3 Å². The smallest absolute Gasteiger partial charge is 0.191 e. The predicted octanol–water partition coefficient (Wildman–Crippen LogP) is 3.21. The van der Waals surface area contributed by atoms with Crippen molar-refractivity contribution in [2.24, 2.45) is 4.99 Å². The molecule has 0 radical (unpaired) electrons. The van der Waals surface area contributed by atoms with Crippen LogP contribution < -0.4 is 10.6 Å². The van der Waals surface area contributed by atoms with Crippen LogP contribution in [-0.4, -0.2) is 19.0 Å². The number of hydrogen-bond acceptors (Lipinski definition) is 2. The molecule has 0 aliphatic heterocycles. The Labute approximate surface area is 119 Å². The predicted molar refractivity (Wildman–Crippen MR) is 81.9 cm³/mol. The lowest BCUT2D eigenvalue weighted by Crippen LogP contribution is -2.46. The van der Waals surface area contributed by atoms with E-state index in [2.05, 4.69) is 34.7 Å². The SMILES string of the molecule is CN=C(NC1CCC1)NC(C)c1cc2ccccc2o1. The van der Waals surface area contributed by atoms with E-state index >= 15 is 0 Å². The molecule has 4 heteroatoms. The van der Waals surface area contributed by atoms with Crippen LogP contribution in [0.4, 0.5) is 0 Å². The summed E-state index contributed by atoms with van der Waals surface area (Å²) in [5, 5.41) is 7.96. The van der Waals surface area contributed by atoms with Crippen molar-refractivity contribution in [3.05, 3.63) is 36.1 Å². The monoisotopic (exact) mass is 271 g/mol. The minimum absolute atomic E-state index is 0.0914. The number of nitrogens with one attached hydrogen (secondary N) is 2. The summed E-state index contributed by atoms with van der Waals surface area (Å²) in [5.41, 5.74) is 0.929. The second-order valence-corrected chi connectivity index (χ2v) is 5.40. The third-order valence-electron chi connectivity index (χ3n) is 3.89. The molecule has 0 saturated heterocycles. The molecule has 106 valence electrons. The van der Waals surface area contributed by atoms with Crippen LogP contribution in [0.1, 0.15) is 38.0 Å². The van der Waals surface area contributed by atoms with E-state index in [1.54, 1.807) is 7.05 Å². The normalized spacial score (nSPS) is 17.8. The van der Waals surface area contributed by atoms with Crippen molar-refractivity contribution < 1.29 is 4.42 Å². The average Bonchev–Trinajstić information content (AvgIpc) is 2.85. The molecule has 3 rings (SSSR count). The fourth-order valence-corrected chi connectivity index (χ4v) is 2.41. The lowest BCUT2D eigenvalue weighted by Gasteiger charge is -2.29. The van der Waals surface area contributed by atoms with E-state index in [4.69, 9.17) is 4.42 Å². The molecule has 1 aromatic heterocycles. The van der Waals surface area contributed by atoms with Gasteiger partial charge in [0.1, 0.15) is 11.3 Å². The van der Waals surface area contributed by atoms with Gasteiger partial charge in [0.25, 0.3) is 0 Å². The summed E-state index contributed by atoms with van der Waals surface area (Å²) in [6, 6.07) is 10.8. The van der Waals surface area contributed by atoms with E-state index in [1.807, 2.05) is 18.2 Å². The molecule has 0 bridgehead atoms. The van der Waals surface area contributed by atoms with E-state index in [9.17, 15) is 0 Å². The van der Waals surface area contributed by atoms with Gasteiger partial charge in [-0.1, -0.05) is 18.2 Å². The lowest BCUT2D eigenvalue weighted by atomic mass is 9.93. The lowest BCUT2D eigenvalue weighted by molar-refractivity contribution is 0.376. The zero-order chi connectivity index (χ0) is 13.9. The Kier molecular flexibility index (Phi) is 3.63. The molecule has 1 aliphatic rings. The number of aliphatic imine (C=N–C) groups is 1. The highest BCUT2D eigenvalue weighted by atomic mass is 16.3. The summed E-state index contributed by atoms with van der Waals surface area (Å²) in [6.45, 7) is 2.09. The number of para-hydroxylation sites is 1. The van der Waals surface area contributed by atoms with Crippen molar-refractivity contribution in [1.29, 1.82) is 0 Å². The minimum atomic E-state index is 0.0914. The van der Waals surface area contributed by atoms with Crippen molar-refractivity contribution in [2.75, 3.05) is 7.05 Å². The first-order chi connectivity index (χ1) is 9.76. The van der Waals surface area contributed by atoms with Crippen LogP contribution >= 0.6 is 0 Å². The fourth-order valence-electron chi connectivity index (χ4n) is 2.41. The highest BCUT2D eigenvalue weighted by Crippen LogP contribution is 2.23. The van der Waals surface area contributed by atoms with Crippen LogP contribution in [0.5, 0.6) is 0 Å². The van der Waals surface area contributed by atoms with Crippen LogP contribution in [0.15, 0.2) is 39.7 Å². The third kappa shape index (κ3) is 2.64. The Morgan fingerprint density at radius 2 is 2.15 bits per heavy atom. The molecule has 2 aromatic rings. The number of rotatable bonds is 3. The Bertz CT molecular complexity index is 580. The summed E-state index contributed by atoms with van der Waals surface area (Å²) in [5.74, 6) is 1.78. The highest BCUT2D eigenvalue weighted by Gasteiger charge is 2.20. The van der Waals surface area contributed by atoms with Crippen LogP contribution in [0.2, 0.25) is 0 Å². The number of benzene rings is 1. The van der Waals surface area contributed by atoms with Crippen LogP contribution in [0.3, 0.4) is 0 Å². The van der Waals surface area contributed by atoms with Crippen LogP contribution in [0, 0.1) is 0 Å². The topological polar surface area (TPSA) is 49.6 Å². The van der Waals surface area contributed by atoms with E-state index in [0.717, 1.165) is 22.7 Å². The number of fused-ring (bicyclic) bond motifs is 1. The second-order valence-electron chi connectivity index (χ2n) is 5.40. The van der Waals surface area contributed by atoms with Gasteiger partial charge < -0.3 is 15.1 Å². The molecule has 1 unspecified atom stereocenters. The zero-order valence-electron chi connectivity index (χ0n) is 12.0. The molecule has 0 amide bonds. The van der Waals surface area contributed by atoms with Gasteiger partial charge >= 0.3 is 0 Å². The quantitative estimate of drug-likeness (QED) is 0.665. The highest BCUT2D eigenvalue weighted by molar-refractivity contribution is 5.81. The second kappa shape index (κ2) is 5.57. The maximum absolute atomic E-state index is 5.88. The fraction of sp³-hybridized carbons (Fsp3) is 0.438. The maximum atomic E-state index is 5.88. The van der Waals surface area contributed by atoms with Gasteiger partial charge in [-0.3, -0.25) is 4.99 Å². The molecule has 0 spiro atoms. The molecule has 1 heterocycles. The van der Waals surface area contributed by atoms with Crippen LogP contribution in [0.25, 0.3) is 11.0 Å². The van der Waals surface area contributed by atoms with Crippen LogP contribution in [-0.2, 0) is 0 Å². The molecular formula is C16H21N3O. The van der Waals surface area contributed by atoms with Gasteiger partial charge in [-0.25, -0.2) is 0 Å². The first kappa shape index (κ1) is 13.0. The van der Waals surface area contributed by atoms with Gasteiger partial charge in [0.05, 0.1) is 6.04 Å². The summed E-state index contributed by atoms with van der Waals surface area (Å²) >= 11 is 0. The van der Waals surface area contributed by atoms with Crippen molar-refractivity contribution in [2.45, 2.75) is 38.3 Å². The zero-order valence-corrected chi connectivity index (χ0v) is 12.0. The molecule has 2 N–H and O–H groups in total. The Balaban J connectivity index is 1.69. The summed E-state index contributed by atoms with van der Waals surface area (Å²) in [4.78, 5) is 4.28. The largest absolute Gasteiger partial charge is 0.459 e. The average molecular weight is 271 g/mol. The number of guanidine groups is 1. The molecule has 20 heavy (non-hydrogen) atoms. The van der Waals surface area contributed by atoms with E-state index < -0.39 is 0 Å². The number of furan rings is 1. The Morgan fingerprint density at radius 1 is 1.35 bits per heavy atom. The molecule has 1 atom stereocenters. The summed E-state index contributed by atoms with van der Waals surface area (Å²) in [7, 11) is 1.80. The minimum Gasteiger partial charge on any atom is -0.459 e. The van der Waals surface area contributed by atoms with Gasteiger partial charge in [0.2, 0.25) is 0 Å². The molecule has 1 aliphatic carbocycles. The summed E-state index contributed by atoms with van der Waals surface area (Å²) < 4.78 is 5.88. The van der Waals surface area contributed by atoms with Gasteiger partial charge in [-0.05, 0) is 38.3 Å². The first-order valence-corrected chi connectivity index (χ1v) is 7.24. The number of hydrogen-bond donors (Lipinski definition) is 2. The molecule has 1 fully saturated rings. The number of nitrogens with zero attached hydrogens (tertiary/aromatic N) is 1. The Morgan fingerprint density at radius 3 is 2.80 bits per heavy atom.